The fourth-order valence-electron chi connectivity index (χ4n) is 0.953. The number of rotatable bonds is 3. The van der Waals surface area contributed by atoms with Gasteiger partial charge in [-0.3, -0.25) is 9.59 Å². The van der Waals surface area contributed by atoms with E-state index >= 15 is 0 Å². The molecule has 12 heavy (non-hydrogen) atoms. The molecule has 66 valence electrons. The van der Waals surface area contributed by atoms with Crippen LogP contribution in [0, 0.1) is 0 Å². The molecule has 5 nitrogen and oxygen atoms in total. The van der Waals surface area contributed by atoms with Crippen LogP contribution in [-0.4, -0.2) is 24.1 Å². The lowest BCUT2D eigenvalue weighted by Crippen LogP contribution is -2.24. The van der Waals surface area contributed by atoms with Gasteiger partial charge in [0.15, 0.2) is 0 Å². The molecule has 0 aliphatic carbocycles. The van der Waals surface area contributed by atoms with Gasteiger partial charge in [0, 0.05) is 6.54 Å². The molecule has 1 aliphatic rings. The summed E-state index contributed by atoms with van der Waals surface area (Å²) in [6, 6.07) is 0. The minimum absolute atomic E-state index is 0.0900. The first kappa shape index (κ1) is 8.70. The maximum Gasteiger partial charge on any atom is 0.245 e. The second-order valence-corrected chi connectivity index (χ2v) is 2.52. The molecule has 0 aromatic rings. The van der Waals surface area contributed by atoms with E-state index in [1.54, 1.807) is 0 Å². The third-order valence-electron chi connectivity index (χ3n) is 1.44. The molecule has 2 amide bonds. The largest absolute Gasteiger partial charge is 0.356 e. The first-order valence-electron chi connectivity index (χ1n) is 3.83. The minimum atomic E-state index is -0.144. The quantitative estimate of drug-likeness (QED) is 0.591. The Bertz CT molecular complexity index is 235. The molecular weight excluding hydrogens is 158 g/mol. The van der Waals surface area contributed by atoms with Gasteiger partial charge in [-0.25, -0.2) is 5.43 Å². The highest BCUT2D eigenvalue weighted by atomic mass is 16.2. The Kier molecular flexibility index (Phi) is 2.79. The fraction of sp³-hybridized carbons (Fsp3) is 0.571. The van der Waals surface area contributed by atoms with Gasteiger partial charge in [0.25, 0.3) is 0 Å². The molecule has 2 N–H and O–H groups in total. The number of nitrogens with one attached hydrogen (secondary N) is 2. The smallest absolute Gasteiger partial charge is 0.245 e. The number of carbonyl (C=O) groups is 2. The molecule has 0 bridgehead atoms. The van der Waals surface area contributed by atoms with Crippen molar-refractivity contribution in [2.75, 3.05) is 6.54 Å². The molecule has 0 saturated carbocycles. The highest BCUT2D eigenvalue weighted by molar-refractivity contribution is 6.11. The van der Waals surface area contributed by atoms with Gasteiger partial charge in [-0.1, -0.05) is 0 Å². The monoisotopic (exact) mass is 169 g/mol. The molecule has 0 aromatic carbocycles. The number of amides is 2. The Morgan fingerprint density at radius 3 is 3.00 bits per heavy atom. The van der Waals surface area contributed by atoms with Crippen molar-refractivity contribution < 1.29 is 9.59 Å². The van der Waals surface area contributed by atoms with Crippen LogP contribution in [-0.2, 0) is 9.59 Å². The molecule has 0 saturated heterocycles. The molecule has 5 heteroatoms. The van der Waals surface area contributed by atoms with E-state index in [4.69, 9.17) is 0 Å². The van der Waals surface area contributed by atoms with E-state index < -0.39 is 0 Å². The number of nitrogens with zero attached hydrogens (tertiary/aromatic N) is 1. The lowest BCUT2D eigenvalue weighted by Gasteiger charge is -1.98. The first-order chi connectivity index (χ1) is 5.72. The van der Waals surface area contributed by atoms with Crippen LogP contribution in [0.5, 0.6) is 0 Å². The van der Waals surface area contributed by atoms with Crippen LogP contribution in [0.2, 0.25) is 0 Å². The van der Waals surface area contributed by atoms with Crippen molar-refractivity contribution in [3.05, 3.63) is 0 Å². The average molecular weight is 169 g/mol. The van der Waals surface area contributed by atoms with Gasteiger partial charge in [0.2, 0.25) is 11.8 Å². The van der Waals surface area contributed by atoms with Gasteiger partial charge in [-0.05, 0) is 6.92 Å². The molecule has 0 fully saturated rings. The van der Waals surface area contributed by atoms with Crippen LogP contribution in [0.4, 0.5) is 0 Å². The van der Waals surface area contributed by atoms with E-state index in [1.165, 1.54) is 0 Å². The van der Waals surface area contributed by atoms with Gasteiger partial charge in [0.05, 0.1) is 18.6 Å². The van der Waals surface area contributed by atoms with Gasteiger partial charge < -0.3 is 5.32 Å². The Labute approximate surface area is 70.2 Å². The predicted octanol–water partition coefficient (Wildman–Crippen LogP) is -0.612. The van der Waals surface area contributed by atoms with E-state index in [1.807, 2.05) is 6.92 Å². The molecule has 0 spiro atoms. The van der Waals surface area contributed by atoms with Gasteiger partial charge >= 0.3 is 0 Å². The van der Waals surface area contributed by atoms with E-state index in [2.05, 4.69) is 15.8 Å². The van der Waals surface area contributed by atoms with Crippen molar-refractivity contribution in [3.63, 3.8) is 0 Å². The van der Waals surface area contributed by atoms with Crippen LogP contribution in [0.25, 0.3) is 0 Å². The number of hydrogen-bond donors (Lipinski definition) is 2. The lowest BCUT2D eigenvalue weighted by atomic mass is 10.2. The highest BCUT2D eigenvalue weighted by Gasteiger charge is 2.16. The van der Waals surface area contributed by atoms with Crippen LogP contribution in [0.3, 0.4) is 0 Å². The standard InChI is InChI=1S/C7H11N3O2/c1-2-8-6(11)3-5-4-7(12)10-9-5/h2-4H2,1H3,(H,8,11)(H,10,12). The second-order valence-electron chi connectivity index (χ2n) is 2.52. The Morgan fingerprint density at radius 2 is 2.50 bits per heavy atom. The van der Waals surface area contributed by atoms with Crippen molar-refractivity contribution in [3.8, 4) is 0 Å². The summed E-state index contributed by atoms with van der Waals surface area (Å²) in [6.07, 6.45) is 0.462. The zero-order valence-corrected chi connectivity index (χ0v) is 6.89. The van der Waals surface area contributed by atoms with Crippen molar-refractivity contribution in [1.29, 1.82) is 0 Å². The van der Waals surface area contributed by atoms with Crippen molar-refractivity contribution in [2.45, 2.75) is 19.8 Å². The summed E-state index contributed by atoms with van der Waals surface area (Å²) < 4.78 is 0. The topological polar surface area (TPSA) is 70.6 Å². The third-order valence-corrected chi connectivity index (χ3v) is 1.44. The van der Waals surface area contributed by atoms with Crippen LogP contribution in [0.1, 0.15) is 19.8 Å². The molecule has 1 heterocycles. The predicted molar refractivity (Wildman–Crippen MR) is 43.5 cm³/mol. The van der Waals surface area contributed by atoms with Crippen LogP contribution in [0.15, 0.2) is 5.10 Å². The van der Waals surface area contributed by atoms with E-state index in [-0.39, 0.29) is 24.7 Å². The molecule has 1 aliphatic heterocycles. The van der Waals surface area contributed by atoms with Crippen LogP contribution >= 0.6 is 0 Å². The summed E-state index contributed by atoms with van der Waals surface area (Å²) in [5.74, 6) is -0.234. The summed E-state index contributed by atoms with van der Waals surface area (Å²) in [7, 11) is 0. The normalized spacial score (nSPS) is 15.4. The Balaban J connectivity index is 2.32. The van der Waals surface area contributed by atoms with Crippen LogP contribution < -0.4 is 10.7 Å². The number of hydrazone groups is 1. The summed E-state index contributed by atoms with van der Waals surface area (Å²) in [4.78, 5) is 21.6. The number of carbonyl (C=O) groups excluding carboxylic acids is 2. The van der Waals surface area contributed by atoms with E-state index in [0.29, 0.717) is 12.3 Å². The molecule has 0 aromatic heterocycles. The Morgan fingerprint density at radius 1 is 1.75 bits per heavy atom. The summed E-state index contributed by atoms with van der Waals surface area (Å²) >= 11 is 0. The van der Waals surface area contributed by atoms with E-state index in [0.717, 1.165) is 0 Å². The highest BCUT2D eigenvalue weighted by Crippen LogP contribution is 1.99. The van der Waals surface area contributed by atoms with Gasteiger partial charge in [0.1, 0.15) is 0 Å². The summed E-state index contributed by atoms with van der Waals surface area (Å²) in [5, 5.41) is 6.32. The van der Waals surface area contributed by atoms with Gasteiger partial charge in [-0.2, -0.15) is 5.10 Å². The zero-order chi connectivity index (χ0) is 8.97. The molecule has 0 atom stereocenters. The second kappa shape index (κ2) is 3.85. The van der Waals surface area contributed by atoms with Crippen molar-refractivity contribution >= 4 is 17.5 Å². The van der Waals surface area contributed by atoms with Crippen molar-refractivity contribution in [1.82, 2.24) is 10.7 Å². The number of hydrogen-bond acceptors (Lipinski definition) is 3. The maximum absolute atomic E-state index is 11.0. The van der Waals surface area contributed by atoms with Crippen molar-refractivity contribution in [2.24, 2.45) is 5.10 Å². The molecule has 0 unspecified atom stereocenters. The summed E-state index contributed by atoms with van der Waals surface area (Å²) in [6.45, 7) is 2.45. The molecular formula is C7H11N3O2. The average Bonchev–Trinajstić information content (AvgIpc) is 2.36. The maximum atomic E-state index is 11.0. The zero-order valence-electron chi connectivity index (χ0n) is 6.89. The molecule has 1 rings (SSSR count). The summed E-state index contributed by atoms with van der Waals surface area (Å²) in [5.41, 5.74) is 2.89. The third kappa shape index (κ3) is 2.34. The lowest BCUT2D eigenvalue weighted by molar-refractivity contribution is -0.119. The SMILES string of the molecule is CCNC(=O)CC1=NNC(=O)C1. The fourth-order valence-corrected chi connectivity index (χ4v) is 0.953. The minimum Gasteiger partial charge on any atom is -0.356 e. The first-order valence-corrected chi connectivity index (χ1v) is 3.83. The Hall–Kier alpha value is -1.39. The van der Waals surface area contributed by atoms with Gasteiger partial charge in [-0.15, -0.1) is 0 Å². The van der Waals surface area contributed by atoms with E-state index in [9.17, 15) is 9.59 Å². The molecule has 0 radical (unpaired) electrons.